The van der Waals surface area contributed by atoms with Crippen LogP contribution in [0.5, 0.6) is 0 Å². The van der Waals surface area contributed by atoms with Gasteiger partial charge < -0.3 is 20.1 Å². The summed E-state index contributed by atoms with van der Waals surface area (Å²) in [5.74, 6) is 0. The molecule has 2 N–H and O–H groups in total. The van der Waals surface area contributed by atoms with Gasteiger partial charge in [-0.2, -0.15) is 13.2 Å². The molecule has 128 valence electrons. The quantitative estimate of drug-likeness (QED) is 0.776. The molecule has 8 heteroatoms. The van der Waals surface area contributed by atoms with Crippen LogP contribution >= 0.6 is 0 Å². The zero-order chi connectivity index (χ0) is 16.6. The Morgan fingerprint density at radius 2 is 1.86 bits per heavy atom. The number of carbonyl (C=O) groups is 1. The Morgan fingerprint density at radius 3 is 2.36 bits per heavy atom. The Bertz CT molecular complexity index is 415. The molecule has 5 nitrogen and oxygen atoms in total. The number of ether oxygens (including phenoxy) is 2. The number of alkyl halides is 3. The molecule has 22 heavy (non-hydrogen) atoms. The number of piperidine rings is 1. The van der Waals surface area contributed by atoms with Gasteiger partial charge in [0.05, 0.1) is 12.6 Å². The molecular weight excluding hydrogens is 301 g/mol. The molecule has 2 rings (SSSR count). The fourth-order valence-corrected chi connectivity index (χ4v) is 3.09. The molecule has 2 atom stereocenters. The molecule has 0 aliphatic carbocycles. The van der Waals surface area contributed by atoms with E-state index in [1.165, 1.54) is 0 Å². The average Bonchev–Trinajstić information content (AvgIpc) is 2.66. The van der Waals surface area contributed by atoms with Crippen molar-refractivity contribution >= 4 is 6.09 Å². The number of carbonyl (C=O) groups excluding carboxylic acids is 1. The van der Waals surface area contributed by atoms with Crippen molar-refractivity contribution < 1.29 is 27.4 Å². The molecule has 2 fully saturated rings. The average molecular weight is 324 g/mol. The predicted molar refractivity (Wildman–Crippen MR) is 73.5 cm³/mol. The van der Waals surface area contributed by atoms with Gasteiger partial charge in [-0.3, -0.25) is 0 Å². The summed E-state index contributed by atoms with van der Waals surface area (Å²) in [6.45, 7) is 6.22. The number of nitrogens with one attached hydrogen (secondary N) is 2. The zero-order valence-electron chi connectivity index (χ0n) is 13.0. The minimum absolute atomic E-state index is 0.000673. The first-order chi connectivity index (χ1) is 10.0. The molecule has 1 amide bonds. The number of alkyl carbamates (subject to hydrolysis) is 1. The van der Waals surface area contributed by atoms with E-state index in [9.17, 15) is 18.0 Å². The van der Waals surface area contributed by atoms with E-state index in [0.717, 1.165) is 0 Å². The number of rotatable bonds is 1. The summed E-state index contributed by atoms with van der Waals surface area (Å²) in [6.07, 6.45) is -6.29. The smallest absolute Gasteiger partial charge is 0.416 e. The van der Waals surface area contributed by atoms with Crippen molar-refractivity contribution in [2.24, 2.45) is 5.41 Å². The van der Waals surface area contributed by atoms with Crippen LogP contribution in [0.2, 0.25) is 0 Å². The van der Waals surface area contributed by atoms with Gasteiger partial charge in [0.25, 0.3) is 0 Å². The van der Waals surface area contributed by atoms with E-state index >= 15 is 0 Å². The van der Waals surface area contributed by atoms with Crippen LogP contribution in [0.15, 0.2) is 0 Å². The van der Waals surface area contributed by atoms with Crippen molar-refractivity contribution in [1.82, 2.24) is 10.6 Å². The normalized spacial score (nSPS) is 28.6. The van der Waals surface area contributed by atoms with Crippen molar-refractivity contribution in [2.75, 3.05) is 19.7 Å². The first-order valence-electron chi connectivity index (χ1n) is 7.42. The van der Waals surface area contributed by atoms with Gasteiger partial charge in [-0.05, 0) is 46.7 Å². The van der Waals surface area contributed by atoms with E-state index in [0.29, 0.717) is 25.9 Å². The molecule has 0 saturated carbocycles. The lowest BCUT2D eigenvalue weighted by Gasteiger charge is -2.39. The second-order valence-corrected chi connectivity index (χ2v) is 7.01. The van der Waals surface area contributed by atoms with Crippen molar-refractivity contribution in [3.8, 4) is 0 Å². The minimum atomic E-state index is -4.52. The van der Waals surface area contributed by atoms with Crippen LogP contribution < -0.4 is 10.6 Å². The first kappa shape index (κ1) is 17.3. The maximum absolute atomic E-state index is 13.2. The molecule has 2 aliphatic rings. The summed E-state index contributed by atoms with van der Waals surface area (Å²) < 4.78 is 49.8. The number of halogens is 3. The standard InChI is InChI=1S/C14H23F3N2O3/c1-12(2,3)22-11(20)19-9-10(14(15,16)17)21-8-13(9)4-6-18-7-5-13/h9-10,18H,4-8H2,1-3H3,(H,19,20)/t9?,10-/m1/s1. The fraction of sp³-hybridized carbons (Fsp3) is 0.929. The first-order valence-corrected chi connectivity index (χ1v) is 7.42. The molecule has 0 aromatic rings. The van der Waals surface area contributed by atoms with E-state index in [2.05, 4.69) is 10.6 Å². The minimum Gasteiger partial charge on any atom is -0.444 e. The van der Waals surface area contributed by atoms with Crippen LogP contribution in [0.25, 0.3) is 0 Å². The third-order valence-electron chi connectivity index (χ3n) is 4.11. The highest BCUT2D eigenvalue weighted by atomic mass is 19.4. The van der Waals surface area contributed by atoms with Gasteiger partial charge >= 0.3 is 12.3 Å². The summed E-state index contributed by atoms with van der Waals surface area (Å²) in [7, 11) is 0. The molecule has 1 unspecified atom stereocenters. The van der Waals surface area contributed by atoms with E-state index in [4.69, 9.17) is 9.47 Å². The molecule has 2 heterocycles. The van der Waals surface area contributed by atoms with Gasteiger partial charge in [0.1, 0.15) is 5.60 Å². The van der Waals surface area contributed by atoms with Crippen LogP contribution in [0.3, 0.4) is 0 Å². The summed E-state index contributed by atoms with van der Waals surface area (Å²) in [5.41, 5.74) is -1.46. The molecule has 1 spiro atoms. The maximum Gasteiger partial charge on any atom is 0.416 e. The van der Waals surface area contributed by atoms with Crippen molar-refractivity contribution in [3.05, 3.63) is 0 Å². The van der Waals surface area contributed by atoms with Crippen LogP contribution in [0.4, 0.5) is 18.0 Å². The maximum atomic E-state index is 13.2. The van der Waals surface area contributed by atoms with Gasteiger partial charge in [-0.1, -0.05) is 0 Å². The number of hydrogen-bond donors (Lipinski definition) is 2. The highest BCUT2D eigenvalue weighted by molar-refractivity contribution is 5.68. The van der Waals surface area contributed by atoms with E-state index in [1.54, 1.807) is 20.8 Å². The lowest BCUT2D eigenvalue weighted by atomic mass is 9.73. The van der Waals surface area contributed by atoms with Crippen molar-refractivity contribution in [1.29, 1.82) is 0 Å². The second kappa shape index (κ2) is 5.88. The van der Waals surface area contributed by atoms with Gasteiger partial charge in [0.15, 0.2) is 6.10 Å². The monoisotopic (exact) mass is 324 g/mol. The Kier molecular flexibility index (Phi) is 4.64. The Balaban J connectivity index is 2.17. The Labute approximate surface area is 127 Å². The fourth-order valence-electron chi connectivity index (χ4n) is 3.09. The van der Waals surface area contributed by atoms with Gasteiger partial charge in [0, 0.05) is 5.41 Å². The van der Waals surface area contributed by atoms with Crippen LogP contribution in [0.1, 0.15) is 33.6 Å². The van der Waals surface area contributed by atoms with Crippen molar-refractivity contribution in [3.63, 3.8) is 0 Å². The molecule has 0 radical (unpaired) electrons. The summed E-state index contributed by atoms with van der Waals surface area (Å²) in [4.78, 5) is 11.9. The van der Waals surface area contributed by atoms with Gasteiger partial charge in [-0.15, -0.1) is 0 Å². The highest BCUT2D eigenvalue weighted by Crippen LogP contribution is 2.45. The van der Waals surface area contributed by atoms with E-state index in [1.807, 2.05) is 0 Å². The van der Waals surface area contributed by atoms with E-state index in [-0.39, 0.29) is 6.61 Å². The van der Waals surface area contributed by atoms with Crippen molar-refractivity contribution in [2.45, 2.75) is 57.5 Å². The Hall–Kier alpha value is -1.02. The van der Waals surface area contributed by atoms with Crippen LogP contribution in [0, 0.1) is 5.41 Å². The zero-order valence-corrected chi connectivity index (χ0v) is 13.0. The molecular formula is C14H23F3N2O3. The topological polar surface area (TPSA) is 59.6 Å². The summed E-state index contributed by atoms with van der Waals surface area (Å²) in [6, 6.07) is -1.12. The van der Waals surface area contributed by atoms with Crippen LogP contribution in [-0.2, 0) is 9.47 Å². The molecule has 2 aliphatic heterocycles. The number of amides is 1. The molecule has 0 aromatic heterocycles. The third kappa shape index (κ3) is 3.84. The van der Waals surface area contributed by atoms with Gasteiger partial charge in [0.2, 0.25) is 0 Å². The Morgan fingerprint density at radius 1 is 1.27 bits per heavy atom. The predicted octanol–water partition coefficient (Wildman–Crippen LogP) is 2.21. The SMILES string of the molecule is CC(C)(C)OC(=O)NC1[C@H](C(F)(F)F)OCC12CCNCC2. The largest absolute Gasteiger partial charge is 0.444 e. The number of hydrogen-bond acceptors (Lipinski definition) is 4. The molecule has 0 aromatic carbocycles. The van der Waals surface area contributed by atoms with Crippen LogP contribution in [-0.4, -0.2) is 49.7 Å². The van der Waals surface area contributed by atoms with Gasteiger partial charge in [-0.25, -0.2) is 4.79 Å². The lowest BCUT2D eigenvalue weighted by Crippen LogP contribution is -2.57. The summed E-state index contributed by atoms with van der Waals surface area (Å²) >= 11 is 0. The third-order valence-corrected chi connectivity index (χ3v) is 4.11. The highest BCUT2D eigenvalue weighted by Gasteiger charge is 2.60. The van der Waals surface area contributed by atoms with E-state index < -0.39 is 35.4 Å². The second-order valence-electron chi connectivity index (χ2n) is 7.01. The lowest BCUT2D eigenvalue weighted by molar-refractivity contribution is -0.211. The summed E-state index contributed by atoms with van der Waals surface area (Å²) in [5, 5.41) is 5.54. The molecule has 0 bridgehead atoms. The molecule has 2 saturated heterocycles.